The molecule has 0 saturated carbocycles. The molecule has 118 valence electrons. The Kier molecular flexibility index (Phi) is 4.34. The van der Waals surface area contributed by atoms with Gasteiger partial charge in [-0.05, 0) is 44.8 Å². The number of nitrogens with zero attached hydrogens (tertiary/aromatic N) is 2. The Morgan fingerprint density at radius 3 is 2.36 bits per heavy atom. The molecule has 0 atom stereocenters. The lowest BCUT2D eigenvalue weighted by Gasteiger charge is -2.37. The predicted octanol–water partition coefficient (Wildman–Crippen LogP) is 3.03. The zero-order valence-electron chi connectivity index (χ0n) is 13.7. The van der Waals surface area contributed by atoms with Crippen LogP contribution in [-0.4, -0.2) is 48.9 Å². The van der Waals surface area contributed by atoms with Crippen LogP contribution in [0, 0.1) is 5.41 Å². The smallest absolute Gasteiger partial charge is 0.228 e. The van der Waals surface area contributed by atoms with E-state index in [1.165, 1.54) is 11.1 Å². The van der Waals surface area contributed by atoms with Crippen molar-refractivity contribution in [1.82, 2.24) is 9.80 Å². The van der Waals surface area contributed by atoms with Gasteiger partial charge in [0.2, 0.25) is 5.91 Å². The Morgan fingerprint density at radius 1 is 1.14 bits per heavy atom. The number of hydrogen-bond donors (Lipinski definition) is 0. The number of carbonyl (C=O) groups excluding carboxylic acids is 1. The minimum atomic E-state index is -0.0394. The van der Waals surface area contributed by atoms with Crippen LogP contribution in [0.1, 0.15) is 31.7 Å². The lowest BCUT2D eigenvalue weighted by atomic mass is 9.77. The third-order valence-corrected chi connectivity index (χ3v) is 5.22. The molecule has 0 radical (unpaired) electrons. The van der Waals surface area contributed by atoms with Crippen molar-refractivity contribution in [2.24, 2.45) is 5.41 Å². The topological polar surface area (TPSA) is 23.6 Å². The summed E-state index contributed by atoms with van der Waals surface area (Å²) in [4.78, 5) is 16.8. The van der Waals surface area contributed by atoms with Crippen molar-refractivity contribution in [2.45, 2.75) is 26.2 Å². The summed E-state index contributed by atoms with van der Waals surface area (Å²) in [5.41, 5.74) is 2.61. The highest BCUT2D eigenvalue weighted by molar-refractivity contribution is 5.84. The molecule has 0 unspecified atom stereocenters. The standard InChI is InChI=1S/C19H26N2O/c1-16(14-17-6-4-3-5-7-17)15-21-12-9-19(10-13-21)8-11-20(2)18(19)22/h3-7,14H,8-13,15H2,1-2H3/b16-14+. The van der Waals surface area contributed by atoms with Crippen molar-refractivity contribution >= 4 is 12.0 Å². The van der Waals surface area contributed by atoms with E-state index >= 15 is 0 Å². The summed E-state index contributed by atoms with van der Waals surface area (Å²) in [6.07, 6.45) is 5.36. The van der Waals surface area contributed by atoms with E-state index in [0.29, 0.717) is 5.91 Å². The Morgan fingerprint density at radius 2 is 1.77 bits per heavy atom. The maximum atomic E-state index is 12.3. The molecular formula is C19H26N2O. The first-order valence-corrected chi connectivity index (χ1v) is 8.29. The minimum absolute atomic E-state index is 0.0394. The monoisotopic (exact) mass is 298 g/mol. The molecule has 2 aliphatic rings. The van der Waals surface area contributed by atoms with Gasteiger partial charge in [0.1, 0.15) is 0 Å². The van der Waals surface area contributed by atoms with Crippen LogP contribution in [0.15, 0.2) is 35.9 Å². The molecule has 0 aliphatic carbocycles. The zero-order valence-corrected chi connectivity index (χ0v) is 13.7. The number of carbonyl (C=O) groups is 1. The fourth-order valence-electron chi connectivity index (χ4n) is 3.83. The number of likely N-dealkylation sites (tertiary alicyclic amines) is 2. The lowest BCUT2D eigenvalue weighted by molar-refractivity contribution is -0.137. The maximum Gasteiger partial charge on any atom is 0.228 e. The maximum absolute atomic E-state index is 12.3. The molecule has 3 rings (SSSR count). The minimum Gasteiger partial charge on any atom is -0.345 e. The van der Waals surface area contributed by atoms with Crippen LogP contribution in [0.5, 0.6) is 0 Å². The zero-order chi connectivity index (χ0) is 15.6. The summed E-state index contributed by atoms with van der Waals surface area (Å²) >= 11 is 0. The third-order valence-electron chi connectivity index (χ3n) is 5.22. The highest BCUT2D eigenvalue weighted by Gasteiger charge is 2.46. The molecule has 2 saturated heterocycles. The molecule has 2 heterocycles. The van der Waals surface area contributed by atoms with Gasteiger partial charge in [0, 0.05) is 20.1 Å². The molecule has 22 heavy (non-hydrogen) atoms. The number of benzene rings is 1. The van der Waals surface area contributed by atoms with E-state index in [-0.39, 0.29) is 5.41 Å². The summed E-state index contributed by atoms with van der Waals surface area (Å²) in [5, 5.41) is 0. The van der Waals surface area contributed by atoms with Gasteiger partial charge >= 0.3 is 0 Å². The van der Waals surface area contributed by atoms with Crippen molar-refractivity contribution in [1.29, 1.82) is 0 Å². The second-order valence-corrected chi connectivity index (χ2v) is 6.93. The van der Waals surface area contributed by atoms with Gasteiger partial charge in [0.25, 0.3) is 0 Å². The molecule has 0 N–H and O–H groups in total. The van der Waals surface area contributed by atoms with Gasteiger partial charge in [-0.3, -0.25) is 9.69 Å². The van der Waals surface area contributed by atoms with Gasteiger partial charge in [-0.2, -0.15) is 0 Å². The van der Waals surface area contributed by atoms with E-state index in [2.05, 4.69) is 42.2 Å². The largest absolute Gasteiger partial charge is 0.345 e. The highest BCUT2D eigenvalue weighted by Crippen LogP contribution is 2.40. The van der Waals surface area contributed by atoms with Crippen LogP contribution in [0.2, 0.25) is 0 Å². The molecule has 3 nitrogen and oxygen atoms in total. The van der Waals surface area contributed by atoms with Gasteiger partial charge in [0.15, 0.2) is 0 Å². The average Bonchev–Trinajstić information content (AvgIpc) is 2.80. The van der Waals surface area contributed by atoms with Crippen LogP contribution < -0.4 is 0 Å². The van der Waals surface area contributed by atoms with E-state index in [1.807, 2.05) is 18.0 Å². The first-order chi connectivity index (χ1) is 10.6. The number of hydrogen-bond acceptors (Lipinski definition) is 2. The van der Waals surface area contributed by atoms with Crippen LogP contribution >= 0.6 is 0 Å². The number of piperidine rings is 1. The van der Waals surface area contributed by atoms with Gasteiger partial charge in [-0.25, -0.2) is 0 Å². The van der Waals surface area contributed by atoms with Gasteiger partial charge in [-0.1, -0.05) is 42.0 Å². The molecule has 1 aromatic carbocycles. The molecule has 0 bridgehead atoms. The molecule has 1 spiro atoms. The lowest BCUT2D eigenvalue weighted by Crippen LogP contribution is -2.44. The summed E-state index contributed by atoms with van der Waals surface area (Å²) in [7, 11) is 1.94. The molecule has 0 aromatic heterocycles. The molecule has 3 heteroatoms. The fraction of sp³-hybridized carbons (Fsp3) is 0.526. The normalized spacial score (nSPS) is 22.5. The highest BCUT2D eigenvalue weighted by atomic mass is 16.2. The second kappa shape index (κ2) is 6.25. The third kappa shape index (κ3) is 3.09. The van der Waals surface area contributed by atoms with Crippen molar-refractivity contribution in [3.05, 3.63) is 41.5 Å². The van der Waals surface area contributed by atoms with E-state index < -0.39 is 0 Å². The van der Waals surface area contributed by atoms with Crippen molar-refractivity contribution in [2.75, 3.05) is 33.2 Å². The van der Waals surface area contributed by atoms with Crippen LogP contribution in [0.25, 0.3) is 6.08 Å². The van der Waals surface area contributed by atoms with Crippen LogP contribution in [0.3, 0.4) is 0 Å². The first kappa shape index (κ1) is 15.3. The summed E-state index contributed by atoms with van der Waals surface area (Å²) in [6, 6.07) is 10.5. The van der Waals surface area contributed by atoms with E-state index in [9.17, 15) is 4.79 Å². The number of amides is 1. The Bertz CT molecular complexity index is 556. The Balaban J connectivity index is 1.56. The average molecular weight is 298 g/mol. The SMILES string of the molecule is C/C(=C\c1ccccc1)CN1CCC2(CC1)CCN(C)C2=O. The quantitative estimate of drug-likeness (QED) is 0.856. The van der Waals surface area contributed by atoms with Crippen LogP contribution in [0.4, 0.5) is 0 Å². The van der Waals surface area contributed by atoms with E-state index in [0.717, 1.165) is 45.4 Å². The fourth-order valence-corrected chi connectivity index (χ4v) is 3.83. The molecule has 1 amide bonds. The molecule has 2 aliphatic heterocycles. The van der Waals surface area contributed by atoms with Gasteiger partial charge < -0.3 is 4.90 Å². The van der Waals surface area contributed by atoms with Crippen molar-refractivity contribution in [3.8, 4) is 0 Å². The van der Waals surface area contributed by atoms with Gasteiger partial charge in [0.05, 0.1) is 5.41 Å². The van der Waals surface area contributed by atoms with Gasteiger partial charge in [-0.15, -0.1) is 0 Å². The summed E-state index contributed by atoms with van der Waals surface area (Å²) < 4.78 is 0. The summed E-state index contributed by atoms with van der Waals surface area (Å²) in [6.45, 7) is 6.23. The predicted molar refractivity (Wildman–Crippen MR) is 90.5 cm³/mol. The van der Waals surface area contributed by atoms with E-state index in [4.69, 9.17) is 0 Å². The van der Waals surface area contributed by atoms with Crippen molar-refractivity contribution < 1.29 is 4.79 Å². The summed E-state index contributed by atoms with van der Waals surface area (Å²) in [5.74, 6) is 0.378. The van der Waals surface area contributed by atoms with Crippen molar-refractivity contribution in [3.63, 3.8) is 0 Å². The first-order valence-electron chi connectivity index (χ1n) is 8.29. The molecular weight excluding hydrogens is 272 g/mol. The van der Waals surface area contributed by atoms with E-state index in [1.54, 1.807) is 0 Å². The van der Waals surface area contributed by atoms with Crippen LogP contribution in [-0.2, 0) is 4.79 Å². The number of rotatable bonds is 3. The Labute approximate surface area is 133 Å². The second-order valence-electron chi connectivity index (χ2n) is 6.93. The molecule has 2 fully saturated rings. The molecule has 1 aromatic rings. The Hall–Kier alpha value is -1.61.